The molecule has 0 aliphatic heterocycles. The second kappa shape index (κ2) is 9.76. The van der Waals surface area contributed by atoms with Crippen molar-refractivity contribution in [3.8, 4) is 5.75 Å². The Morgan fingerprint density at radius 2 is 1.67 bits per heavy atom. The number of nitrogens with one attached hydrogen (secondary N) is 2. The quantitative estimate of drug-likeness (QED) is 0.734. The van der Waals surface area contributed by atoms with Crippen molar-refractivity contribution in [2.24, 2.45) is 0 Å². The molecule has 0 fully saturated rings. The topological polar surface area (TPSA) is 67.4 Å². The molecule has 0 radical (unpaired) electrons. The molecule has 2 aromatic rings. The van der Waals surface area contributed by atoms with Gasteiger partial charge in [0, 0.05) is 6.04 Å². The predicted octanol–water partition coefficient (Wildman–Crippen LogP) is 4.18. The Balaban J connectivity index is 2.11. The monoisotopic (exact) mass is 368 g/mol. The van der Waals surface area contributed by atoms with E-state index in [0.29, 0.717) is 23.4 Å². The third-order valence-electron chi connectivity index (χ3n) is 4.12. The maximum Gasteiger partial charge on any atom is 0.265 e. The van der Waals surface area contributed by atoms with E-state index in [9.17, 15) is 9.59 Å². The lowest BCUT2D eigenvalue weighted by atomic mass is 10.1. The number of amides is 2. The fraction of sp³-hybridized carbons (Fsp3) is 0.364. The van der Waals surface area contributed by atoms with Crippen LogP contribution in [0.3, 0.4) is 0 Å². The van der Waals surface area contributed by atoms with E-state index in [1.54, 1.807) is 24.3 Å². The molecule has 1 atom stereocenters. The van der Waals surface area contributed by atoms with Crippen molar-refractivity contribution in [1.82, 2.24) is 5.32 Å². The van der Waals surface area contributed by atoms with Gasteiger partial charge in [-0.15, -0.1) is 0 Å². The Kier molecular flexibility index (Phi) is 7.41. The zero-order valence-electron chi connectivity index (χ0n) is 16.4. The minimum Gasteiger partial charge on any atom is -0.481 e. The molecule has 144 valence electrons. The molecule has 0 unspecified atom stereocenters. The van der Waals surface area contributed by atoms with E-state index in [1.807, 2.05) is 45.0 Å². The molecule has 2 amide bonds. The van der Waals surface area contributed by atoms with Crippen molar-refractivity contribution >= 4 is 17.5 Å². The van der Waals surface area contributed by atoms with E-state index in [-0.39, 0.29) is 17.9 Å². The molecule has 0 aliphatic rings. The molecule has 5 heteroatoms. The summed E-state index contributed by atoms with van der Waals surface area (Å²) >= 11 is 0. The van der Waals surface area contributed by atoms with Gasteiger partial charge in [0.25, 0.3) is 11.8 Å². The average molecular weight is 368 g/mol. The Hall–Kier alpha value is -2.82. The first-order chi connectivity index (χ1) is 12.9. The van der Waals surface area contributed by atoms with E-state index in [4.69, 9.17) is 4.74 Å². The molecule has 0 spiro atoms. The number of carbonyl (C=O) groups is 2. The van der Waals surface area contributed by atoms with Crippen molar-refractivity contribution in [3.63, 3.8) is 0 Å². The summed E-state index contributed by atoms with van der Waals surface area (Å²) in [5.41, 5.74) is 2.12. The SMILES string of the molecule is CCc1ccc(O[C@@H](CC)C(=O)Nc2ccccc2C(=O)NC(C)C)cc1. The van der Waals surface area contributed by atoms with Crippen molar-refractivity contribution in [1.29, 1.82) is 0 Å². The van der Waals surface area contributed by atoms with Crippen LogP contribution in [0.15, 0.2) is 48.5 Å². The summed E-state index contributed by atoms with van der Waals surface area (Å²) in [5.74, 6) is 0.159. The average Bonchev–Trinajstić information content (AvgIpc) is 2.66. The van der Waals surface area contributed by atoms with Crippen LogP contribution in [-0.2, 0) is 11.2 Å². The highest BCUT2D eigenvalue weighted by Gasteiger charge is 2.21. The van der Waals surface area contributed by atoms with Gasteiger partial charge in [-0.05, 0) is 56.5 Å². The van der Waals surface area contributed by atoms with E-state index in [1.165, 1.54) is 5.56 Å². The highest BCUT2D eigenvalue weighted by Crippen LogP contribution is 2.19. The summed E-state index contributed by atoms with van der Waals surface area (Å²) in [6, 6.07) is 14.7. The summed E-state index contributed by atoms with van der Waals surface area (Å²) in [6.45, 7) is 7.76. The molecule has 27 heavy (non-hydrogen) atoms. The summed E-state index contributed by atoms with van der Waals surface area (Å²) in [5, 5.41) is 5.68. The maximum absolute atomic E-state index is 12.7. The number of benzene rings is 2. The smallest absolute Gasteiger partial charge is 0.265 e. The largest absolute Gasteiger partial charge is 0.481 e. The van der Waals surface area contributed by atoms with Crippen LogP contribution in [0.4, 0.5) is 5.69 Å². The van der Waals surface area contributed by atoms with Crippen molar-refractivity contribution in [2.75, 3.05) is 5.32 Å². The lowest BCUT2D eigenvalue weighted by Gasteiger charge is -2.19. The minimum atomic E-state index is -0.640. The highest BCUT2D eigenvalue weighted by atomic mass is 16.5. The fourth-order valence-electron chi connectivity index (χ4n) is 2.63. The van der Waals surface area contributed by atoms with Crippen molar-refractivity contribution in [3.05, 3.63) is 59.7 Å². The van der Waals surface area contributed by atoms with E-state index >= 15 is 0 Å². The van der Waals surface area contributed by atoms with Crippen LogP contribution in [0.5, 0.6) is 5.75 Å². The van der Waals surface area contributed by atoms with Crippen LogP contribution in [0.25, 0.3) is 0 Å². The number of ether oxygens (including phenoxy) is 1. The second-order valence-corrected chi connectivity index (χ2v) is 6.68. The van der Waals surface area contributed by atoms with Gasteiger partial charge in [0.1, 0.15) is 5.75 Å². The zero-order valence-corrected chi connectivity index (χ0v) is 16.4. The normalized spacial score (nSPS) is 11.7. The Bertz CT molecular complexity index is 769. The van der Waals surface area contributed by atoms with Gasteiger partial charge in [-0.1, -0.05) is 38.1 Å². The van der Waals surface area contributed by atoms with Crippen LogP contribution in [-0.4, -0.2) is 24.0 Å². The number of anilines is 1. The van der Waals surface area contributed by atoms with Crippen LogP contribution < -0.4 is 15.4 Å². The predicted molar refractivity (Wildman–Crippen MR) is 108 cm³/mol. The lowest BCUT2D eigenvalue weighted by Crippen LogP contribution is -2.34. The first-order valence-corrected chi connectivity index (χ1v) is 9.40. The molecule has 0 aromatic heterocycles. The van der Waals surface area contributed by atoms with Gasteiger partial charge in [0.15, 0.2) is 6.10 Å². The van der Waals surface area contributed by atoms with Gasteiger partial charge in [-0.2, -0.15) is 0 Å². The van der Waals surface area contributed by atoms with Crippen molar-refractivity contribution in [2.45, 2.75) is 52.7 Å². The zero-order chi connectivity index (χ0) is 19.8. The highest BCUT2D eigenvalue weighted by molar-refractivity contribution is 6.04. The molecule has 2 aromatic carbocycles. The third-order valence-corrected chi connectivity index (χ3v) is 4.12. The molecule has 0 saturated carbocycles. The number of aryl methyl sites for hydroxylation is 1. The molecule has 0 aliphatic carbocycles. The molecule has 0 saturated heterocycles. The van der Waals surface area contributed by atoms with Gasteiger partial charge in [0.05, 0.1) is 11.3 Å². The van der Waals surface area contributed by atoms with Crippen LogP contribution in [0.2, 0.25) is 0 Å². The molecular formula is C22H28N2O3. The number of rotatable bonds is 8. The minimum absolute atomic E-state index is 0.0130. The van der Waals surface area contributed by atoms with Crippen LogP contribution in [0.1, 0.15) is 50.0 Å². The maximum atomic E-state index is 12.7. The van der Waals surface area contributed by atoms with Gasteiger partial charge in [0.2, 0.25) is 0 Å². The molecule has 0 bridgehead atoms. The van der Waals surface area contributed by atoms with E-state index in [0.717, 1.165) is 6.42 Å². The summed E-state index contributed by atoms with van der Waals surface area (Å²) in [4.78, 5) is 25.1. The van der Waals surface area contributed by atoms with Crippen LogP contribution in [0, 0.1) is 0 Å². The number of hydrogen-bond donors (Lipinski definition) is 2. The van der Waals surface area contributed by atoms with E-state index < -0.39 is 6.10 Å². The van der Waals surface area contributed by atoms with Gasteiger partial charge >= 0.3 is 0 Å². The molecule has 5 nitrogen and oxygen atoms in total. The Morgan fingerprint density at radius 3 is 2.26 bits per heavy atom. The number of carbonyl (C=O) groups excluding carboxylic acids is 2. The molecule has 2 rings (SSSR count). The third kappa shape index (κ3) is 5.84. The number of hydrogen-bond acceptors (Lipinski definition) is 3. The Morgan fingerprint density at radius 1 is 1.00 bits per heavy atom. The van der Waals surface area contributed by atoms with Crippen LogP contribution >= 0.6 is 0 Å². The van der Waals surface area contributed by atoms with Gasteiger partial charge in [-0.3, -0.25) is 9.59 Å². The first kappa shape index (κ1) is 20.5. The first-order valence-electron chi connectivity index (χ1n) is 9.40. The summed E-state index contributed by atoms with van der Waals surface area (Å²) in [6.07, 6.45) is 0.827. The lowest BCUT2D eigenvalue weighted by molar-refractivity contribution is -0.122. The standard InChI is InChI=1S/C22H28N2O3/c1-5-16-11-13-17(14-12-16)27-20(6-2)22(26)24-19-10-8-7-9-18(19)21(25)23-15(3)4/h7-15,20H,5-6H2,1-4H3,(H,23,25)(H,24,26)/t20-/m0/s1. The summed E-state index contributed by atoms with van der Waals surface area (Å²) < 4.78 is 5.85. The van der Waals surface area contributed by atoms with Crippen molar-refractivity contribution < 1.29 is 14.3 Å². The second-order valence-electron chi connectivity index (χ2n) is 6.68. The van der Waals surface area contributed by atoms with E-state index in [2.05, 4.69) is 17.6 Å². The molecular weight excluding hydrogens is 340 g/mol. The summed E-state index contributed by atoms with van der Waals surface area (Å²) in [7, 11) is 0. The number of para-hydroxylation sites is 1. The fourth-order valence-corrected chi connectivity index (χ4v) is 2.63. The van der Waals surface area contributed by atoms with Gasteiger partial charge < -0.3 is 15.4 Å². The van der Waals surface area contributed by atoms with Gasteiger partial charge in [-0.25, -0.2) is 0 Å². The molecule has 2 N–H and O–H groups in total. The molecule has 0 heterocycles. The Labute approximate surface area is 161 Å².